The third-order valence-corrected chi connectivity index (χ3v) is 4.55. The zero-order valence-corrected chi connectivity index (χ0v) is 11.4. The quantitative estimate of drug-likeness (QED) is 0.882. The van der Waals surface area contributed by atoms with E-state index in [9.17, 15) is 9.90 Å². The Hall–Kier alpha value is -1.57. The van der Waals surface area contributed by atoms with Crippen LogP contribution in [0.4, 0.5) is 0 Å². The molecule has 2 heteroatoms. The predicted octanol–water partition coefficient (Wildman–Crippen LogP) is 4.15. The molecule has 1 aromatic carbocycles. The highest BCUT2D eigenvalue weighted by molar-refractivity contribution is 5.80. The molecule has 3 rings (SSSR count). The smallest absolute Gasteiger partial charge is 0.310 e. The van der Waals surface area contributed by atoms with Gasteiger partial charge in [-0.2, -0.15) is 0 Å². The number of benzene rings is 1. The van der Waals surface area contributed by atoms with Crippen LogP contribution in [-0.2, 0) is 11.2 Å². The van der Waals surface area contributed by atoms with Gasteiger partial charge in [0.25, 0.3) is 0 Å². The van der Waals surface area contributed by atoms with Crippen molar-refractivity contribution >= 4 is 11.5 Å². The molecule has 19 heavy (non-hydrogen) atoms. The molecule has 2 aliphatic carbocycles. The number of hydrogen-bond acceptors (Lipinski definition) is 1. The zero-order chi connectivity index (χ0) is 13.4. The highest BCUT2D eigenvalue weighted by Crippen LogP contribution is 2.42. The van der Waals surface area contributed by atoms with Crippen molar-refractivity contribution in [3.8, 4) is 0 Å². The minimum Gasteiger partial charge on any atom is -0.481 e. The monoisotopic (exact) mass is 256 g/mol. The molecule has 0 saturated heterocycles. The van der Waals surface area contributed by atoms with Gasteiger partial charge in [-0.25, -0.2) is 0 Å². The third-order valence-electron chi connectivity index (χ3n) is 4.55. The van der Waals surface area contributed by atoms with Crippen molar-refractivity contribution < 1.29 is 9.90 Å². The average Bonchev–Trinajstić information content (AvgIpc) is 2.76. The molecule has 0 amide bonds. The van der Waals surface area contributed by atoms with Crippen LogP contribution in [0.1, 0.15) is 61.6 Å². The van der Waals surface area contributed by atoms with Crippen LogP contribution in [0.25, 0.3) is 5.57 Å². The van der Waals surface area contributed by atoms with E-state index in [0.717, 1.165) is 12.0 Å². The molecule has 0 bridgehead atoms. The Kier molecular flexibility index (Phi) is 3.17. The van der Waals surface area contributed by atoms with E-state index in [1.54, 1.807) is 11.1 Å². The highest BCUT2D eigenvalue weighted by atomic mass is 16.4. The van der Waals surface area contributed by atoms with Crippen LogP contribution in [0, 0.1) is 0 Å². The fourth-order valence-corrected chi connectivity index (χ4v) is 3.54. The van der Waals surface area contributed by atoms with Gasteiger partial charge in [0.2, 0.25) is 0 Å². The Morgan fingerprint density at radius 3 is 2.84 bits per heavy atom. The summed E-state index contributed by atoms with van der Waals surface area (Å²) in [6.45, 7) is 1.94. The fraction of sp³-hybridized carbons (Fsp3) is 0.471. The summed E-state index contributed by atoms with van der Waals surface area (Å²) in [5.74, 6) is -1.07. The van der Waals surface area contributed by atoms with Crippen LogP contribution in [0.3, 0.4) is 0 Å². The molecule has 0 spiro atoms. The van der Waals surface area contributed by atoms with E-state index in [1.165, 1.54) is 36.8 Å². The molecular weight excluding hydrogens is 236 g/mol. The number of carboxylic acids is 1. The maximum absolute atomic E-state index is 11.3. The molecule has 1 aromatic rings. The molecule has 1 unspecified atom stereocenters. The Morgan fingerprint density at radius 2 is 2.11 bits per heavy atom. The van der Waals surface area contributed by atoms with Crippen molar-refractivity contribution in [1.29, 1.82) is 0 Å². The lowest BCUT2D eigenvalue weighted by molar-refractivity contribution is -0.138. The third kappa shape index (κ3) is 2.09. The first kappa shape index (κ1) is 12.5. The molecule has 0 aromatic heterocycles. The minimum absolute atomic E-state index is 0.358. The lowest BCUT2D eigenvalue weighted by Gasteiger charge is -2.14. The molecule has 100 valence electrons. The van der Waals surface area contributed by atoms with E-state index in [2.05, 4.69) is 12.1 Å². The summed E-state index contributed by atoms with van der Waals surface area (Å²) in [6.07, 6.45) is 6.75. The number of fused-ring (bicyclic) bond motifs is 2. The molecule has 2 nitrogen and oxygen atoms in total. The summed E-state index contributed by atoms with van der Waals surface area (Å²) in [7, 11) is 0. The molecule has 2 aliphatic rings. The maximum atomic E-state index is 11.3. The molecule has 0 fully saturated rings. The normalized spacial score (nSPS) is 19.0. The van der Waals surface area contributed by atoms with Crippen molar-refractivity contribution in [3.63, 3.8) is 0 Å². The van der Waals surface area contributed by atoms with Gasteiger partial charge in [0, 0.05) is 0 Å². The Labute approximate surface area is 114 Å². The van der Waals surface area contributed by atoms with E-state index in [-0.39, 0.29) is 5.92 Å². The number of carboxylic acid groups (broad SMARTS) is 1. The summed E-state index contributed by atoms with van der Waals surface area (Å²) in [5, 5.41) is 9.27. The summed E-state index contributed by atoms with van der Waals surface area (Å²) < 4.78 is 0. The molecule has 0 radical (unpaired) electrons. The second-order valence-corrected chi connectivity index (χ2v) is 5.68. The first-order valence-corrected chi connectivity index (χ1v) is 7.27. The van der Waals surface area contributed by atoms with E-state index in [1.807, 2.05) is 13.0 Å². The lowest BCUT2D eigenvalue weighted by Crippen LogP contribution is -2.10. The fourth-order valence-electron chi connectivity index (χ4n) is 3.54. The Morgan fingerprint density at radius 1 is 1.32 bits per heavy atom. The second-order valence-electron chi connectivity index (χ2n) is 5.68. The summed E-state index contributed by atoms with van der Waals surface area (Å²) in [5.41, 5.74) is 6.86. The number of hydrogen-bond donors (Lipinski definition) is 1. The van der Waals surface area contributed by atoms with E-state index in [4.69, 9.17) is 0 Å². The van der Waals surface area contributed by atoms with Gasteiger partial charge in [0.1, 0.15) is 0 Å². The second kappa shape index (κ2) is 4.84. The van der Waals surface area contributed by atoms with Crippen LogP contribution < -0.4 is 0 Å². The zero-order valence-electron chi connectivity index (χ0n) is 11.4. The molecular formula is C17H20O2. The van der Waals surface area contributed by atoms with E-state index >= 15 is 0 Å². The number of carbonyl (C=O) groups is 1. The van der Waals surface area contributed by atoms with E-state index < -0.39 is 5.97 Å². The molecule has 0 aliphatic heterocycles. The summed E-state index contributed by atoms with van der Waals surface area (Å²) in [4.78, 5) is 11.3. The van der Waals surface area contributed by atoms with Gasteiger partial charge in [0.05, 0.1) is 5.92 Å². The van der Waals surface area contributed by atoms with Crippen LogP contribution in [0.15, 0.2) is 23.8 Å². The Balaban J connectivity index is 1.95. The lowest BCUT2D eigenvalue weighted by atomic mass is 9.90. The predicted molar refractivity (Wildman–Crippen MR) is 76.2 cm³/mol. The maximum Gasteiger partial charge on any atom is 0.310 e. The molecule has 1 atom stereocenters. The summed E-state index contributed by atoms with van der Waals surface area (Å²) in [6, 6.07) is 6.31. The van der Waals surface area contributed by atoms with Crippen molar-refractivity contribution in [1.82, 2.24) is 0 Å². The number of rotatable bonds is 3. The van der Waals surface area contributed by atoms with Gasteiger partial charge in [-0.3, -0.25) is 4.79 Å². The van der Waals surface area contributed by atoms with Crippen molar-refractivity contribution in [2.75, 3.05) is 0 Å². The number of aliphatic carboxylic acids is 1. The first-order chi connectivity index (χ1) is 9.20. The first-order valence-electron chi connectivity index (χ1n) is 7.27. The molecule has 0 saturated carbocycles. The van der Waals surface area contributed by atoms with Crippen LogP contribution in [0.5, 0.6) is 0 Å². The van der Waals surface area contributed by atoms with Crippen LogP contribution in [0.2, 0.25) is 0 Å². The SMILES string of the molecule is CCC(C(=O)O)c1ccc2c(c1)CC1=C2CCCC1. The van der Waals surface area contributed by atoms with Crippen molar-refractivity contribution in [2.24, 2.45) is 0 Å². The minimum atomic E-state index is -0.710. The topological polar surface area (TPSA) is 37.3 Å². The standard InChI is InChI=1S/C17H20O2/c1-2-14(17(18)19)12-7-8-16-13(10-12)9-11-5-3-4-6-15(11)16/h7-8,10,14H,2-6,9H2,1H3,(H,18,19). The largest absolute Gasteiger partial charge is 0.481 e. The van der Waals surface area contributed by atoms with Gasteiger partial charge >= 0.3 is 5.97 Å². The average molecular weight is 256 g/mol. The van der Waals surface area contributed by atoms with Gasteiger partial charge in [-0.1, -0.05) is 30.7 Å². The van der Waals surface area contributed by atoms with Gasteiger partial charge < -0.3 is 5.11 Å². The van der Waals surface area contributed by atoms with Crippen LogP contribution in [-0.4, -0.2) is 11.1 Å². The van der Waals surface area contributed by atoms with Gasteiger partial charge in [-0.15, -0.1) is 0 Å². The van der Waals surface area contributed by atoms with Crippen LogP contribution >= 0.6 is 0 Å². The van der Waals surface area contributed by atoms with Gasteiger partial charge in [0.15, 0.2) is 0 Å². The van der Waals surface area contributed by atoms with Crippen molar-refractivity contribution in [3.05, 3.63) is 40.5 Å². The molecule has 0 heterocycles. The Bertz CT molecular complexity index is 554. The summed E-state index contributed by atoms with van der Waals surface area (Å²) >= 11 is 0. The van der Waals surface area contributed by atoms with Gasteiger partial charge in [-0.05, 0) is 60.8 Å². The van der Waals surface area contributed by atoms with Crippen molar-refractivity contribution in [2.45, 2.75) is 51.4 Å². The molecule has 1 N–H and O–H groups in total. The number of allylic oxidation sites excluding steroid dienone is 2. The van der Waals surface area contributed by atoms with E-state index in [0.29, 0.717) is 6.42 Å². The highest BCUT2D eigenvalue weighted by Gasteiger charge is 2.25.